The lowest BCUT2D eigenvalue weighted by molar-refractivity contribution is -0.142. The first-order valence-electron chi connectivity index (χ1n) is 9.53. The number of rotatable bonds is 6. The van der Waals surface area contributed by atoms with Gasteiger partial charge < -0.3 is 19.7 Å². The standard InChI is InChI=1S/C22H26N2O4S/c1-27-18-10-8-17(9-11-18)20-15-29-13-12-24(20)22(26)23-19(21(25)28-2)14-16-6-4-3-5-7-16/h3-11,19-20H,12-15H2,1-2H3,(H,23,26). The summed E-state index contributed by atoms with van der Waals surface area (Å²) in [5.41, 5.74) is 2.01. The highest BCUT2D eigenvalue weighted by atomic mass is 32.2. The molecule has 0 aromatic heterocycles. The van der Waals surface area contributed by atoms with Crippen LogP contribution in [0.3, 0.4) is 0 Å². The van der Waals surface area contributed by atoms with E-state index >= 15 is 0 Å². The smallest absolute Gasteiger partial charge is 0.328 e. The van der Waals surface area contributed by atoms with Crippen molar-refractivity contribution in [3.05, 3.63) is 65.7 Å². The average molecular weight is 415 g/mol. The maximum Gasteiger partial charge on any atom is 0.328 e. The second-order valence-corrected chi connectivity index (χ2v) is 7.92. The maximum atomic E-state index is 13.1. The van der Waals surface area contributed by atoms with Crippen molar-refractivity contribution in [2.75, 3.05) is 32.3 Å². The summed E-state index contributed by atoms with van der Waals surface area (Å²) in [6.45, 7) is 0.617. The summed E-state index contributed by atoms with van der Waals surface area (Å²) < 4.78 is 10.1. The average Bonchev–Trinajstić information content (AvgIpc) is 2.78. The summed E-state index contributed by atoms with van der Waals surface area (Å²) in [7, 11) is 2.97. The van der Waals surface area contributed by atoms with E-state index in [1.807, 2.05) is 66.4 Å². The lowest BCUT2D eigenvalue weighted by Crippen LogP contribution is -2.52. The predicted octanol–water partition coefficient (Wildman–Crippen LogP) is 3.28. The molecule has 6 nitrogen and oxygen atoms in total. The molecule has 0 saturated carbocycles. The quantitative estimate of drug-likeness (QED) is 0.735. The van der Waals surface area contributed by atoms with Crippen LogP contribution in [0.5, 0.6) is 5.75 Å². The number of nitrogens with one attached hydrogen (secondary N) is 1. The number of hydrogen-bond acceptors (Lipinski definition) is 5. The predicted molar refractivity (Wildman–Crippen MR) is 114 cm³/mol. The second-order valence-electron chi connectivity index (χ2n) is 6.77. The highest BCUT2D eigenvalue weighted by molar-refractivity contribution is 7.99. The Balaban J connectivity index is 1.74. The fraction of sp³-hybridized carbons (Fsp3) is 0.364. The summed E-state index contributed by atoms with van der Waals surface area (Å²) in [6.07, 6.45) is 0.384. The van der Waals surface area contributed by atoms with Crippen molar-refractivity contribution in [2.45, 2.75) is 18.5 Å². The lowest BCUT2D eigenvalue weighted by Gasteiger charge is -2.36. The van der Waals surface area contributed by atoms with Gasteiger partial charge in [-0.1, -0.05) is 42.5 Å². The normalized spacial score (nSPS) is 17.3. The molecule has 0 radical (unpaired) electrons. The molecule has 0 bridgehead atoms. The van der Waals surface area contributed by atoms with Crippen LogP contribution in [0.2, 0.25) is 0 Å². The molecule has 1 aliphatic rings. The summed E-state index contributed by atoms with van der Waals surface area (Å²) in [6, 6.07) is 16.3. The van der Waals surface area contributed by atoms with Crippen molar-refractivity contribution < 1.29 is 19.1 Å². The third-order valence-corrected chi connectivity index (χ3v) is 5.98. The van der Waals surface area contributed by atoms with E-state index in [-0.39, 0.29) is 12.1 Å². The number of carbonyl (C=O) groups excluding carboxylic acids is 2. The molecule has 1 fully saturated rings. The van der Waals surface area contributed by atoms with E-state index in [0.29, 0.717) is 13.0 Å². The molecular formula is C22H26N2O4S. The number of thioether (sulfide) groups is 1. The molecule has 2 atom stereocenters. The van der Waals surface area contributed by atoms with Crippen LogP contribution >= 0.6 is 11.8 Å². The molecular weight excluding hydrogens is 388 g/mol. The zero-order valence-electron chi connectivity index (χ0n) is 16.7. The monoisotopic (exact) mass is 414 g/mol. The fourth-order valence-electron chi connectivity index (χ4n) is 3.37. The van der Waals surface area contributed by atoms with Gasteiger partial charge in [0.2, 0.25) is 0 Å². The van der Waals surface area contributed by atoms with Gasteiger partial charge in [-0.25, -0.2) is 9.59 Å². The van der Waals surface area contributed by atoms with Crippen LogP contribution in [-0.4, -0.2) is 55.2 Å². The van der Waals surface area contributed by atoms with Gasteiger partial charge in [-0.3, -0.25) is 0 Å². The van der Waals surface area contributed by atoms with Gasteiger partial charge in [-0.2, -0.15) is 11.8 Å². The van der Waals surface area contributed by atoms with Gasteiger partial charge in [0.1, 0.15) is 11.8 Å². The van der Waals surface area contributed by atoms with E-state index in [2.05, 4.69) is 5.32 Å². The van der Waals surface area contributed by atoms with Gasteiger partial charge in [0.05, 0.1) is 20.3 Å². The zero-order valence-corrected chi connectivity index (χ0v) is 17.5. The number of amides is 2. The summed E-state index contributed by atoms with van der Waals surface area (Å²) in [5, 5.41) is 2.89. The van der Waals surface area contributed by atoms with E-state index in [1.54, 1.807) is 12.0 Å². The number of ether oxygens (including phenoxy) is 2. The van der Waals surface area contributed by atoms with Crippen LogP contribution in [0, 0.1) is 0 Å². The molecule has 2 unspecified atom stereocenters. The fourth-order valence-corrected chi connectivity index (χ4v) is 4.45. The lowest BCUT2D eigenvalue weighted by atomic mass is 10.1. The Kier molecular flexibility index (Phi) is 7.41. The number of nitrogens with zero attached hydrogens (tertiary/aromatic N) is 1. The van der Waals surface area contributed by atoms with Crippen LogP contribution in [-0.2, 0) is 16.0 Å². The Labute approximate surface area is 175 Å². The van der Waals surface area contributed by atoms with Crippen molar-refractivity contribution in [1.29, 1.82) is 0 Å². The molecule has 3 rings (SSSR count). The molecule has 1 N–H and O–H groups in total. The van der Waals surface area contributed by atoms with Gasteiger partial charge in [0.25, 0.3) is 0 Å². The molecule has 2 aromatic carbocycles. The van der Waals surface area contributed by atoms with E-state index in [1.165, 1.54) is 7.11 Å². The number of carbonyl (C=O) groups is 2. The molecule has 7 heteroatoms. The third kappa shape index (κ3) is 5.44. The molecule has 0 spiro atoms. The second kappa shape index (κ2) is 10.2. The first kappa shape index (κ1) is 21.0. The minimum Gasteiger partial charge on any atom is -0.497 e. The van der Waals surface area contributed by atoms with E-state index in [0.717, 1.165) is 28.4 Å². The zero-order chi connectivity index (χ0) is 20.6. The Morgan fingerprint density at radius 1 is 1.14 bits per heavy atom. The van der Waals surface area contributed by atoms with Crippen LogP contribution in [0.4, 0.5) is 4.79 Å². The minimum absolute atomic E-state index is 0.0605. The van der Waals surface area contributed by atoms with Gasteiger partial charge in [0.15, 0.2) is 0 Å². The minimum atomic E-state index is -0.735. The Hall–Kier alpha value is -2.67. The van der Waals surface area contributed by atoms with Crippen molar-refractivity contribution in [1.82, 2.24) is 10.2 Å². The van der Waals surface area contributed by atoms with Gasteiger partial charge >= 0.3 is 12.0 Å². The van der Waals surface area contributed by atoms with Crippen LogP contribution in [0.1, 0.15) is 17.2 Å². The van der Waals surface area contributed by atoms with Gasteiger partial charge in [-0.15, -0.1) is 0 Å². The topological polar surface area (TPSA) is 67.9 Å². The van der Waals surface area contributed by atoms with Gasteiger partial charge in [0, 0.05) is 24.5 Å². The summed E-state index contributed by atoms with van der Waals surface area (Å²) >= 11 is 1.82. The van der Waals surface area contributed by atoms with Crippen LogP contribution in [0.15, 0.2) is 54.6 Å². The van der Waals surface area contributed by atoms with E-state index < -0.39 is 12.0 Å². The van der Waals surface area contributed by atoms with Crippen LogP contribution in [0.25, 0.3) is 0 Å². The molecule has 2 aromatic rings. The SMILES string of the molecule is COC(=O)C(Cc1ccccc1)NC(=O)N1CCSCC1c1ccc(OC)cc1. The molecule has 0 aliphatic carbocycles. The molecule has 2 amide bonds. The number of hydrogen-bond donors (Lipinski definition) is 1. The van der Waals surface area contributed by atoms with E-state index in [9.17, 15) is 9.59 Å². The molecule has 1 aliphatic heterocycles. The number of methoxy groups -OCH3 is 2. The maximum absolute atomic E-state index is 13.1. The first-order chi connectivity index (χ1) is 14.1. The molecule has 154 valence electrons. The Morgan fingerprint density at radius 2 is 1.86 bits per heavy atom. The summed E-state index contributed by atoms with van der Waals surface area (Å²) in [5.74, 6) is 2.00. The third-order valence-electron chi connectivity index (χ3n) is 4.96. The van der Waals surface area contributed by atoms with Crippen molar-refractivity contribution in [3.8, 4) is 5.75 Å². The highest BCUT2D eigenvalue weighted by Gasteiger charge is 2.31. The number of esters is 1. The van der Waals surface area contributed by atoms with E-state index in [4.69, 9.17) is 9.47 Å². The largest absolute Gasteiger partial charge is 0.497 e. The van der Waals surface area contributed by atoms with Crippen molar-refractivity contribution in [3.63, 3.8) is 0 Å². The molecule has 29 heavy (non-hydrogen) atoms. The van der Waals surface area contributed by atoms with Gasteiger partial charge in [-0.05, 0) is 23.3 Å². The first-order valence-corrected chi connectivity index (χ1v) is 10.7. The Morgan fingerprint density at radius 3 is 2.52 bits per heavy atom. The highest BCUT2D eigenvalue weighted by Crippen LogP contribution is 2.30. The van der Waals surface area contributed by atoms with Crippen molar-refractivity contribution in [2.24, 2.45) is 0 Å². The van der Waals surface area contributed by atoms with Crippen molar-refractivity contribution >= 4 is 23.8 Å². The van der Waals surface area contributed by atoms with Crippen LogP contribution < -0.4 is 10.1 Å². The number of urea groups is 1. The number of benzene rings is 2. The summed E-state index contributed by atoms with van der Waals surface area (Å²) in [4.78, 5) is 27.2. The molecule has 1 saturated heterocycles. The molecule has 1 heterocycles. The Bertz CT molecular complexity index is 813.